The molecule has 0 radical (unpaired) electrons. The van der Waals surface area contributed by atoms with E-state index in [0.717, 1.165) is 36.5 Å². The minimum Gasteiger partial charge on any atom is -0.502 e. The number of phenolic OH excluding ortho intramolecular Hbond substituents is 1. The van der Waals surface area contributed by atoms with Gasteiger partial charge in [-0.1, -0.05) is 6.07 Å². The second kappa shape index (κ2) is 11.0. The summed E-state index contributed by atoms with van der Waals surface area (Å²) < 4.78 is 81.8. The lowest BCUT2D eigenvalue weighted by molar-refractivity contribution is -0.385. The number of hydrogen-bond donors (Lipinski definition) is 3. The number of nitrogens with zero attached hydrogens (tertiary/aromatic N) is 6. The molecule has 3 aromatic rings. The number of hydrazone groups is 1. The Bertz CT molecular complexity index is 1390. The van der Waals surface area contributed by atoms with E-state index < -0.39 is 57.6 Å². The molecule has 0 saturated heterocycles. The molecule has 20 heteroatoms. The molecular formula is C19H12F6N8O6. The standard InChI is InChI=1S/C19H12F6N8O6/c20-18(21,22)14(19(23,24)25)39-17-29-15(27-10-4-6-11(7-5-10)32(35)36)28-16(30-17)31-26-8-9-2-1-3-12(13(9)34)33(37)38/h1-8,14,34H,(H2,27,28,29,30,31)/b26-8+. The Morgan fingerprint density at radius 1 is 0.923 bits per heavy atom. The number of aromatic nitrogens is 3. The van der Waals surface area contributed by atoms with Crippen LogP contribution >= 0.6 is 0 Å². The summed E-state index contributed by atoms with van der Waals surface area (Å²) in [6, 6.07) is 6.33. The van der Waals surface area contributed by atoms with Crippen LogP contribution in [0.1, 0.15) is 5.56 Å². The third kappa shape index (κ3) is 7.36. The fourth-order valence-electron chi connectivity index (χ4n) is 2.70. The predicted octanol–water partition coefficient (Wildman–Crippen LogP) is 4.46. The summed E-state index contributed by atoms with van der Waals surface area (Å²) in [6.07, 6.45) is -15.3. The first-order chi connectivity index (χ1) is 18.1. The number of nitrogens with one attached hydrogen (secondary N) is 2. The Morgan fingerprint density at radius 3 is 2.10 bits per heavy atom. The maximum atomic E-state index is 13.0. The molecule has 0 aliphatic carbocycles. The molecular weight excluding hydrogens is 550 g/mol. The number of halogens is 6. The highest BCUT2D eigenvalue weighted by Crippen LogP contribution is 2.36. The molecule has 0 unspecified atom stereocenters. The first-order valence-electron chi connectivity index (χ1n) is 9.98. The molecule has 3 rings (SSSR count). The van der Waals surface area contributed by atoms with E-state index >= 15 is 0 Å². The lowest BCUT2D eigenvalue weighted by atomic mass is 10.2. The van der Waals surface area contributed by atoms with Gasteiger partial charge >= 0.3 is 24.1 Å². The van der Waals surface area contributed by atoms with Crippen LogP contribution in [0.3, 0.4) is 0 Å². The van der Waals surface area contributed by atoms with Crippen LogP contribution in [-0.4, -0.2) is 54.6 Å². The third-order valence-corrected chi connectivity index (χ3v) is 4.38. The highest BCUT2D eigenvalue weighted by atomic mass is 19.4. The highest BCUT2D eigenvalue weighted by Gasteiger charge is 2.59. The quantitative estimate of drug-likeness (QED) is 0.144. The van der Waals surface area contributed by atoms with Gasteiger partial charge in [-0.15, -0.1) is 0 Å². The lowest BCUT2D eigenvalue weighted by Gasteiger charge is -2.22. The lowest BCUT2D eigenvalue weighted by Crippen LogP contribution is -2.46. The molecule has 2 aromatic carbocycles. The van der Waals surface area contributed by atoms with Crippen LogP contribution in [0, 0.1) is 20.2 Å². The van der Waals surface area contributed by atoms with E-state index in [9.17, 15) is 51.7 Å². The van der Waals surface area contributed by atoms with Crippen molar-refractivity contribution in [1.82, 2.24) is 15.0 Å². The van der Waals surface area contributed by atoms with Crippen molar-refractivity contribution >= 4 is 35.2 Å². The van der Waals surface area contributed by atoms with Crippen LogP contribution in [0.25, 0.3) is 0 Å². The van der Waals surface area contributed by atoms with Gasteiger partial charge in [0.15, 0.2) is 0 Å². The van der Waals surface area contributed by atoms with Crippen LogP contribution in [0.4, 0.5) is 55.3 Å². The summed E-state index contributed by atoms with van der Waals surface area (Å²) in [6.45, 7) is 0. The van der Waals surface area contributed by atoms with E-state index in [0.29, 0.717) is 0 Å². The topological polar surface area (TPSA) is 191 Å². The summed E-state index contributed by atoms with van der Waals surface area (Å²) in [7, 11) is 0. The van der Waals surface area contributed by atoms with Crippen molar-refractivity contribution in [3.8, 4) is 11.8 Å². The molecule has 0 atom stereocenters. The van der Waals surface area contributed by atoms with E-state index in [1.807, 2.05) is 0 Å². The van der Waals surface area contributed by atoms with Gasteiger partial charge in [0.2, 0.25) is 11.7 Å². The van der Waals surface area contributed by atoms with Gasteiger partial charge in [0, 0.05) is 29.4 Å². The molecule has 0 aliphatic heterocycles. The van der Waals surface area contributed by atoms with Gasteiger partial charge in [0.25, 0.3) is 17.7 Å². The largest absolute Gasteiger partial charge is 0.502 e. The molecule has 0 fully saturated rings. The average Bonchev–Trinajstić information content (AvgIpc) is 2.82. The van der Waals surface area contributed by atoms with Gasteiger partial charge in [-0.3, -0.25) is 20.2 Å². The van der Waals surface area contributed by atoms with Crippen molar-refractivity contribution in [2.75, 3.05) is 10.7 Å². The monoisotopic (exact) mass is 562 g/mol. The van der Waals surface area contributed by atoms with Crippen LogP contribution in [0.15, 0.2) is 47.6 Å². The number of phenols is 1. The first kappa shape index (κ1) is 28.3. The van der Waals surface area contributed by atoms with E-state index in [4.69, 9.17) is 0 Å². The van der Waals surface area contributed by atoms with Gasteiger partial charge in [0.1, 0.15) is 0 Å². The Morgan fingerprint density at radius 2 is 1.54 bits per heavy atom. The zero-order valence-corrected chi connectivity index (χ0v) is 18.6. The maximum absolute atomic E-state index is 13.0. The summed E-state index contributed by atoms with van der Waals surface area (Å²) >= 11 is 0. The molecule has 14 nitrogen and oxygen atoms in total. The van der Waals surface area contributed by atoms with Gasteiger partial charge in [-0.2, -0.15) is 46.4 Å². The number of non-ortho nitro benzene ring substituents is 1. The Hall–Kier alpha value is -5.30. The van der Waals surface area contributed by atoms with Gasteiger partial charge in [0.05, 0.1) is 16.1 Å². The van der Waals surface area contributed by atoms with Crippen LogP contribution in [0.5, 0.6) is 11.8 Å². The number of benzene rings is 2. The maximum Gasteiger partial charge on any atom is 0.434 e. The molecule has 0 amide bonds. The average molecular weight is 562 g/mol. The normalized spacial score (nSPS) is 12.0. The zero-order chi connectivity index (χ0) is 29.0. The zero-order valence-electron chi connectivity index (χ0n) is 18.6. The van der Waals surface area contributed by atoms with Crippen LogP contribution in [0.2, 0.25) is 0 Å². The van der Waals surface area contributed by atoms with Crippen LogP contribution < -0.4 is 15.5 Å². The third-order valence-electron chi connectivity index (χ3n) is 4.38. The predicted molar refractivity (Wildman–Crippen MR) is 119 cm³/mol. The second-order valence-electron chi connectivity index (χ2n) is 7.12. The number of rotatable bonds is 9. The smallest absolute Gasteiger partial charge is 0.434 e. The van der Waals surface area contributed by atoms with E-state index in [-0.39, 0.29) is 16.9 Å². The van der Waals surface area contributed by atoms with Crippen molar-refractivity contribution in [2.24, 2.45) is 5.10 Å². The summed E-state index contributed by atoms with van der Waals surface area (Å²) in [5.74, 6) is -2.20. The second-order valence-corrected chi connectivity index (χ2v) is 7.12. The molecule has 0 saturated carbocycles. The van der Waals surface area contributed by atoms with Crippen molar-refractivity contribution in [2.45, 2.75) is 18.5 Å². The SMILES string of the molecule is O=[N+]([O-])c1ccc(Nc2nc(N/N=C/c3cccc([N+](=O)[O-])c3O)nc(OC(C(F)(F)F)C(F)(F)F)n2)cc1. The Kier molecular flexibility index (Phi) is 7.96. The van der Waals surface area contributed by atoms with E-state index in [1.54, 1.807) is 0 Å². The van der Waals surface area contributed by atoms with E-state index in [1.165, 1.54) is 12.1 Å². The Labute approximate surface area is 211 Å². The van der Waals surface area contributed by atoms with Crippen molar-refractivity contribution in [3.63, 3.8) is 0 Å². The van der Waals surface area contributed by atoms with Gasteiger partial charge in [-0.25, -0.2) is 5.43 Å². The number of nitro benzene ring substituents is 2. The number of anilines is 3. The number of aromatic hydroxyl groups is 1. The fraction of sp³-hybridized carbons (Fsp3) is 0.158. The number of nitro groups is 2. The van der Waals surface area contributed by atoms with Gasteiger partial charge < -0.3 is 15.2 Å². The minimum atomic E-state index is -5.90. The van der Waals surface area contributed by atoms with Gasteiger partial charge in [-0.05, 0) is 18.2 Å². The number of ether oxygens (including phenoxy) is 1. The highest BCUT2D eigenvalue weighted by molar-refractivity contribution is 5.85. The fourth-order valence-corrected chi connectivity index (χ4v) is 2.70. The minimum absolute atomic E-state index is 0.0388. The van der Waals surface area contributed by atoms with Crippen molar-refractivity contribution in [1.29, 1.82) is 0 Å². The Balaban J connectivity index is 1.95. The van der Waals surface area contributed by atoms with E-state index in [2.05, 4.69) is 35.5 Å². The molecule has 0 bridgehead atoms. The summed E-state index contributed by atoms with van der Waals surface area (Å²) in [5.41, 5.74) is 0.918. The number of hydrogen-bond acceptors (Lipinski definition) is 12. The van der Waals surface area contributed by atoms with Crippen molar-refractivity contribution < 1.29 is 46.0 Å². The number of para-hydroxylation sites is 1. The summed E-state index contributed by atoms with van der Waals surface area (Å²) in [5, 5.41) is 37.6. The first-order valence-corrected chi connectivity index (χ1v) is 9.98. The molecule has 1 aromatic heterocycles. The van der Waals surface area contributed by atoms with Crippen LogP contribution in [-0.2, 0) is 0 Å². The van der Waals surface area contributed by atoms with Crippen molar-refractivity contribution in [3.05, 3.63) is 68.3 Å². The molecule has 3 N–H and O–H groups in total. The molecule has 0 aliphatic rings. The number of alkyl halides is 6. The molecule has 1 heterocycles. The summed E-state index contributed by atoms with van der Waals surface area (Å²) in [4.78, 5) is 30.5. The molecule has 206 valence electrons. The molecule has 39 heavy (non-hydrogen) atoms. The molecule has 0 spiro atoms.